The van der Waals surface area contributed by atoms with Crippen LogP contribution in [0, 0.1) is 5.82 Å². The van der Waals surface area contributed by atoms with Crippen LogP contribution in [0.5, 0.6) is 0 Å². The molecule has 0 saturated carbocycles. The molecule has 0 bridgehead atoms. The molecule has 0 N–H and O–H groups in total. The summed E-state index contributed by atoms with van der Waals surface area (Å²) in [5.41, 5.74) is 0.904. The number of nitrogens with zero attached hydrogens (tertiary/aromatic N) is 1. The van der Waals surface area contributed by atoms with Gasteiger partial charge in [-0.15, -0.1) is 0 Å². The normalized spacial score (nSPS) is 16.5. The third kappa shape index (κ3) is 3.38. The van der Waals surface area contributed by atoms with Gasteiger partial charge in [-0.2, -0.15) is 0 Å². The third-order valence-electron chi connectivity index (χ3n) is 4.25. The van der Waals surface area contributed by atoms with Gasteiger partial charge in [0.05, 0.1) is 12.2 Å². The van der Waals surface area contributed by atoms with E-state index >= 15 is 0 Å². The fourth-order valence-electron chi connectivity index (χ4n) is 3.01. The van der Waals surface area contributed by atoms with E-state index in [1.165, 1.54) is 18.6 Å². The van der Waals surface area contributed by atoms with E-state index in [2.05, 4.69) is 0 Å². The predicted molar refractivity (Wildman–Crippen MR) is 82.0 cm³/mol. The van der Waals surface area contributed by atoms with Gasteiger partial charge in [-0.25, -0.2) is 4.39 Å². The van der Waals surface area contributed by atoms with Crippen molar-refractivity contribution in [3.8, 4) is 0 Å². The van der Waals surface area contributed by atoms with Crippen molar-refractivity contribution in [2.24, 2.45) is 0 Å². The van der Waals surface area contributed by atoms with Gasteiger partial charge >= 0.3 is 0 Å². The molecule has 1 aromatic carbocycles. The lowest BCUT2D eigenvalue weighted by Crippen LogP contribution is -2.36. The van der Waals surface area contributed by atoms with E-state index in [0.29, 0.717) is 6.42 Å². The van der Waals surface area contributed by atoms with Gasteiger partial charge in [-0.3, -0.25) is 4.79 Å². The lowest BCUT2D eigenvalue weighted by atomic mass is 9.92. The lowest BCUT2D eigenvalue weighted by Gasteiger charge is -2.28. The van der Waals surface area contributed by atoms with Crippen molar-refractivity contribution in [1.82, 2.24) is 4.90 Å². The van der Waals surface area contributed by atoms with Gasteiger partial charge in [0.1, 0.15) is 11.6 Å². The molecule has 1 aromatic heterocycles. The summed E-state index contributed by atoms with van der Waals surface area (Å²) in [6.45, 7) is 1.68. The standard InChI is InChI=1S/C18H20FNO2/c19-15-8-6-14(7-9-15)16(17-5-4-12-22-17)13-18(21)20-10-2-1-3-11-20/h4-9,12,16H,1-3,10-11,13H2/t16-/m1/s1. The van der Waals surface area contributed by atoms with Crippen LogP contribution >= 0.6 is 0 Å². The number of likely N-dealkylation sites (tertiary alicyclic amines) is 1. The summed E-state index contributed by atoms with van der Waals surface area (Å²) >= 11 is 0. The molecular formula is C18H20FNO2. The molecule has 116 valence electrons. The van der Waals surface area contributed by atoms with Crippen LogP contribution in [0.3, 0.4) is 0 Å². The van der Waals surface area contributed by atoms with Crippen LogP contribution in [-0.2, 0) is 4.79 Å². The highest BCUT2D eigenvalue weighted by Gasteiger charge is 2.24. The average molecular weight is 301 g/mol. The van der Waals surface area contributed by atoms with E-state index in [4.69, 9.17) is 4.42 Å². The minimum absolute atomic E-state index is 0.144. The van der Waals surface area contributed by atoms with E-state index in [9.17, 15) is 9.18 Å². The molecule has 3 rings (SSSR count). The lowest BCUT2D eigenvalue weighted by molar-refractivity contribution is -0.132. The Kier molecular flexibility index (Phi) is 4.56. The summed E-state index contributed by atoms with van der Waals surface area (Å²) in [5, 5.41) is 0. The van der Waals surface area contributed by atoms with Crippen molar-refractivity contribution in [2.75, 3.05) is 13.1 Å². The second-order valence-electron chi connectivity index (χ2n) is 5.77. The maximum atomic E-state index is 13.1. The van der Waals surface area contributed by atoms with Gasteiger partial charge in [0.15, 0.2) is 0 Å². The van der Waals surface area contributed by atoms with E-state index in [1.54, 1.807) is 18.4 Å². The molecule has 1 saturated heterocycles. The van der Waals surface area contributed by atoms with Crippen molar-refractivity contribution >= 4 is 5.91 Å². The summed E-state index contributed by atoms with van der Waals surface area (Å²) in [6, 6.07) is 10.0. The third-order valence-corrected chi connectivity index (χ3v) is 4.25. The molecule has 0 aliphatic carbocycles. The maximum absolute atomic E-state index is 13.1. The van der Waals surface area contributed by atoms with Gasteiger partial charge in [0, 0.05) is 19.5 Å². The average Bonchev–Trinajstić information content (AvgIpc) is 3.08. The first kappa shape index (κ1) is 14.8. The molecule has 0 spiro atoms. The zero-order valence-electron chi connectivity index (χ0n) is 12.5. The van der Waals surface area contributed by atoms with Crippen LogP contribution in [-0.4, -0.2) is 23.9 Å². The minimum atomic E-state index is -0.274. The fraction of sp³-hybridized carbons (Fsp3) is 0.389. The summed E-state index contributed by atoms with van der Waals surface area (Å²) in [4.78, 5) is 14.5. The Labute approximate surface area is 129 Å². The second kappa shape index (κ2) is 6.77. The van der Waals surface area contributed by atoms with Gasteiger partial charge in [0.2, 0.25) is 5.91 Å². The van der Waals surface area contributed by atoms with Crippen molar-refractivity contribution < 1.29 is 13.6 Å². The highest BCUT2D eigenvalue weighted by molar-refractivity contribution is 5.77. The van der Waals surface area contributed by atoms with Crippen molar-refractivity contribution in [3.05, 3.63) is 59.8 Å². The zero-order chi connectivity index (χ0) is 15.4. The van der Waals surface area contributed by atoms with Crippen LogP contribution in [0.1, 0.15) is 42.9 Å². The van der Waals surface area contributed by atoms with Crippen LogP contribution < -0.4 is 0 Å². The number of rotatable bonds is 4. The number of amides is 1. The fourth-order valence-corrected chi connectivity index (χ4v) is 3.01. The first-order valence-corrected chi connectivity index (χ1v) is 7.80. The Morgan fingerprint density at radius 3 is 2.50 bits per heavy atom. The smallest absolute Gasteiger partial charge is 0.223 e. The van der Waals surface area contributed by atoms with Gasteiger partial charge < -0.3 is 9.32 Å². The molecule has 0 unspecified atom stereocenters. The molecular weight excluding hydrogens is 281 g/mol. The molecule has 1 atom stereocenters. The first-order chi connectivity index (χ1) is 10.7. The maximum Gasteiger partial charge on any atom is 0.223 e. The van der Waals surface area contributed by atoms with Crippen LogP contribution in [0.2, 0.25) is 0 Å². The summed E-state index contributed by atoms with van der Waals surface area (Å²) in [7, 11) is 0. The Balaban J connectivity index is 1.79. The van der Waals surface area contributed by atoms with Gasteiger partial charge in [-0.05, 0) is 49.1 Å². The molecule has 1 aliphatic heterocycles. The Morgan fingerprint density at radius 2 is 1.86 bits per heavy atom. The zero-order valence-corrected chi connectivity index (χ0v) is 12.5. The van der Waals surface area contributed by atoms with Gasteiger partial charge in [-0.1, -0.05) is 12.1 Å². The minimum Gasteiger partial charge on any atom is -0.469 e. The molecule has 2 heterocycles. The Hall–Kier alpha value is -2.10. The molecule has 22 heavy (non-hydrogen) atoms. The molecule has 1 fully saturated rings. The van der Waals surface area contributed by atoms with Crippen molar-refractivity contribution in [2.45, 2.75) is 31.6 Å². The van der Waals surface area contributed by atoms with Crippen molar-refractivity contribution in [1.29, 1.82) is 0 Å². The van der Waals surface area contributed by atoms with Gasteiger partial charge in [0.25, 0.3) is 0 Å². The number of furan rings is 1. The van der Waals surface area contributed by atoms with E-state index in [0.717, 1.165) is 37.3 Å². The number of carbonyl (C=O) groups excluding carboxylic acids is 1. The largest absolute Gasteiger partial charge is 0.469 e. The van der Waals surface area contributed by atoms with E-state index < -0.39 is 0 Å². The highest BCUT2D eigenvalue weighted by Crippen LogP contribution is 2.29. The van der Waals surface area contributed by atoms with E-state index in [-0.39, 0.29) is 17.6 Å². The number of piperidine rings is 1. The molecule has 0 radical (unpaired) electrons. The SMILES string of the molecule is O=C(C[C@H](c1ccc(F)cc1)c1ccco1)N1CCCCC1. The van der Waals surface area contributed by atoms with Crippen LogP contribution in [0.15, 0.2) is 47.1 Å². The summed E-state index contributed by atoms with van der Waals surface area (Å²) < 4.78 is 18.7. The number of hydrogen-bond donors (Lipinski definition) is 0. The molecule has 3 nitrogen and oxygen atoms in total. The number of hydrogen-bond acceptors (Lipinski definition) is 2. The molecule has 4 heteroatoms. The number of halogens is 1. The summed E-state index contributed by atoms with van der Waals surface area (Å²) in [6.07, 6.45) is 5.32. The van der Waals surface area contributed by atoms with Crippen LogP contribution in [0.4, 0.5) is 4.39 Å². The molecule has 2 aromatic rings. The molecule has 1 amide bonds. The Bertz CT molecular complexity index is 601. The highest BCUT2D eigenvalue weighted by atomic mass is 19.1. The number of benzene rings is 1. The topological polar surface area (TPSA) is 33.5 Å². The second-order valence-corrected chi connectivity index (χ2v) is 5.77. The number of carbonyl (C=O) groups is 1. The quantitative estimate of drug-likeness (QED) is 0.856. The van der Waals surface area contributed by atoms with E-state index in [1.807, 2.05) is 17.0 Å². The molecule has 1 aliphatic rings. The van der Waals surface area contributed by atoms with Crippen molar-refractivity contribution in [3.63, 3.8) is 0 Å². The van der Waals surface area contributed by atoms with Crippen LogP contribution in [0.25, 0.3) is 0 Å². The monoisotopic (exact) mass is 301 g/mol. The Morgan fingerprint density at radius 1 is 1.14 bits per heavy atom. The predicted octanol–water partition coefficient (Wildman–Crippen LogP) is 3.95. The first-order valence-electron chi connectivity index (χ1n) is 7.80. The summed E-state index contributed by atoms with van der Waals surface area (Å²) in [5.74, 6) is 0.455.